The SMILES string of the molecule is CN(C)S(=O)(=O)c1cc(NC(=O)[C@@H]2COc3ccccc3O2)ccc1Cl. The molecule has 1 N–H and O–H groups in total. The number of halogens is 1. The van der Waals surface area contributed by atoms with E-state index in [2.05, 4.69) is 5.32 Å². The second-order valence-electron chi connectivity index (χ2n) is 5.79. The average Bonchev–Trinajstić information content (AvgIpc) is 2.62. The number of ether oxygens (including phenoxy) is 2. The summed E-state index contributed by atoms with van der Waals surface area (Å²) in [6, 6.07) is 11.3. The summed E-state index contributed by atoms with van der Waals surface area (Å²) in [5.41, 5.74) is 0.294. The van der Waals surface area contributed by atoms with Gasteiger partial charge in [-0.3, -0.25) is 4.79 Å². The van der Waals surface area contributed by atoms with Gasteiger partial charge in [0.25, 0.3) is 5.91 Å². The first-order valence-electron chi connectivity index (χ1n) is 7.70. The van der Waals surface area contributed by atoms with Gasteiger partial charge in [0, 0.05) is 19.8 Å². The number of carbonyl (C=O) groups is 1. The van der Waals surface area contributed by atoms with Crippen molar-refractivity contribution in [3.05, 3.63) is 47.5 Å². The van der Waals surface area contributed by atoms with E-state index in [0.29, 0.717) is 17.2 Å². The lowest BCUT2D eigenvalue weighted by atomic mass is 10.2. The molecule has 0 spiro atoms. The number of amides is 1. The van der Waals surface area contributed by atoms with Crippen molar-refractivity contribution in [3.8, 4) is 11.5 Å². The first-order valence-corrected chi connectivity index (χ1v) is 9.52. The highest BCUT2D eigenvalue weighted by molar-refractivity contribution is 7.89. The van der Waals surface area contributed by atoms with Crippen LogP contribution in [-0.4, -0.2) is 45.4 Å². The fourth-order valence-electron chi connectivity index (χ4n) is 2.35. The fraction of sp³-hybridized carbons (Fsp3) is 0.235. The Labute approximate surface area is 156 Å². The Kier molecular flexibility index (Phi) is 5.08. The summed E-state index contributed by atoms with van der Waals surface area (Å²) in [5, 5.41) is 2.71. The van der Waals surface area contributed by atoms with E-state index in [4.69, 9.17) is 21.1 Å². The Morgan fingerprint density at radius 1 is 1.19 bits per heavy atom. The summed E-state index contributed by atoms with van der Waals surface area (Å²) in [6.45, 7) is 0.0549. The summed E-state index contributed by atoms with van der Waals surface area (Å²) in [4.78, 5) is 12.4. The molecule has 0 saturated carbocycles. The van der Waals surface area contributed by atoms with E-state index in [9.17, 15) is 13.2 Å². The van der Waals surface area contributed by atoms with Crippen molar-refractivity contribution in [1.82, 2.24) is 4.31 Å². The fourth-order valence-corrected chi connectivity index (χ4v) is 3.74. The molecule has 0 aliphatic carbocycles. The predicted octanol–water partition coefficient (Wildman–Crippen LogP) is 2.37. The smallest absolute Gasteiger partial charge is 0.269 e. The molecule has 0 unspecified atom stereocenters. The molecule has 2 aromatic carbocycles. The number of nitrogens with zero attached hydrogens (tertiary/aromatic N) is 1. The highest BCUT2D eigenvalue weighted by Gasteiger charge is 2.28. The second-order valence-corrected chi connectivity index (χ2v) is 8.31. The Hall–Kier alpha value is -2.29. The van der Waals surface area contributed by atoms with Gasteiger partial charge in [-0.05, 0) is 30.3 Å². The maximum atomic E-state index is 12.4. The van der Waals surface area contributed by atoms with E-state index in [-0.39, 0.29) is 16.5 Å². The van der Waals surface area contributed by atoms with E-state index in [1.165, 1.54) is 32.3 Å². The van der Waals surface area contributed by atoms with Gasteiger partial charge in [0.15, 0.2) is 11.5 Å². The molecular weight excluding hydrogens is 380 g/mol. The molecule has 26 heavy (non-hydrogen) atoms. The number of hydrogen-bond donors (Lipinski definition) is 1. The van der Waals surface area contributed by atoms with Crippen LogP contribution in [0.15, 0.2) is 47.4 Å². The molecule has 1 aliphatic rings. The van der Waals surface area contributed by atoms with Crippen molar-refractivity contribution >= 4 is 33.2 Å². The minimum absolute atomic E-state index is 0.0549. The lowest BCUT2D eigenvalue weighted by molar-refractivity contribution is -0.125. The van der Waals surface area contributed by atoms with Crippen molar-refractivity contribution in [2.45, 2.75) is 11.0 Å². The molecule has 1 amide bonds. The summed E-state index contributed by atoms with van der Waals surface area (Å²) >= 11 is 6.00. The minimum atomic E-state index is -3.74. The van der Waals surface area contributed by atoms with Crippen LogP contribution in [-0.2, 0) is 14.8 Å². The third-order valence-corrected chi connectivity index (χ3v) is 6.06. The van der Waals surface area contributed by atoms with Crippen LogP contribution in [0.2, 0.25) is 5.02 Å². The minimum Gasteiger partial charge on any atom is -0.485 e. The number of fused-ring (bicyclic) bond motifs is 1. The van der Waals surface area contributed by atoms with Crippen LogP contribution in [0.4, 0.5) is 5.69 Å². The number of carbonyl (C=O) groups excluding carboxylic acids is 1. The van der Waals surface area contributed by atoms with E-state index in [1.807, 2.05) is 6.07 Å². The maximum Gasteiger partial charge on any atom is 0.269 e. The van der Waals surface area contributed by atoms with Crippen molar-refractivity contribution < 1.29 is 22.7 Å². The van der Waals surface area contributed by atoms with Gasteiger partial charge in [-0.25, -0.2) is 12.7 Å². The van der Waals surface area contributed by atoms with Crippen molar-refractivity contribution in [3.63, 3.8) is 0 Å². The zero-order valence-corrected chi connectivity index (χ0v) is 15.7. The summed E-state index contributed by atoms with van der Waals surface area (Å²) < 4.78 is 36.8. The Morgan fingerprint density at radius 3 is 2.58 bits per heavy atom. The van der Waals surface area contributed by atoms with Gasteiger partial charge in [0.2, 0.25) is 16.1 Å². The van der Waals surface area contributed by atoms with Crippen LogP contribution < -0.4 is 14.8 Å². The molecule has 1 heterocycles. The maximum absolute atomic E-state index is 12.4. The van der Waals surface area contributed by atoms with Gasteiger partial charge in [-0.2, -0.15) is 0 Å². The number of anilines is 1. The lowest BCUT2D eigenvalue weighted by Gasteiger charge is -2.25. The zero-order valence-electron chi connectivity index (χ0n) is 14.1. The molecule has 0 aromatic heterocycles. The van der Waals surface area contributed by atoms with Crippen LogP contribution in [0.5, 0.6) is 11.5 Å². The van der Waals surface area contributed by atoms with Crippen LogP contribution in [0, 0.1) is 0 Å². The molecule has 7 nitrogen and oxygen atoms in total. The number of para-hydroxylation sites is 2. The average molecular weight is 397 g/mol. The molecule has 0 fully saturated rings. The normalized spacial score (nSPS) is 16.4. The zero-order chi connectivity index (χ0) is 18.9. The summed E-state index contributed by atoms with van der Waals surface area (Å²) in [5.74, 6) is 0.600. The standard InChI is InChI=1S/C17H17ClN2O5S/c1-20(2)26(22,23)16-9-11(7-8-12(16)18)19-17(21)15-10-24-13-5-3-4-6-14(13)25-15/h3-9,15H,10H2,1-2H3,(H,19,21)/t15-/m0/s1. The van der Waals surface area contributed by atoms with E-state index in [0.717, 1.165) is 4.31 Å². The molecule has 9 heteroatoms. The van der Waals surface area contributed by atoms with E-state index >= 15 is 0 Å². The first kappa shape index (κ1) is 18.5. The summed E-state index contributed by atoms with van der Waals surface area (Å²) in [6.07, 6.45) is -0.852. The van der Waals surface area contributed by atoms with Gasteiger partial charge in [-0.15, -0.1) is 0 Å². The van der Waals surface area contributed by atoms with Gasteiger partial charge >= 0.3 is 0 Å². The van der Waals surface area contributed by atoms with Crippen molar-refractivity contribution in [2.75, 3.05) is 26.0 Å². The van der Waals surface area contributed by atoms with Crippen LogP contribution >= 0.6 is 11.6 Å². The molecule has 1 aliphatic heterocycles. The number of nitrogens with one attached hydrogen (secondary N) is 1. The molecule has 0 radical (unpaired) electrons. The van der Waals surface area contributed by atoms with Gasteiger partial charge in [0.05, 0.1) is 5.02 Å². The van der Waals surface area contributed by atoms with Gasteiger partial charge < -0.3 is 14.8 Å². The van der Waals surface area contributed by atoms with Gasteiger partial charge in [-0.1, -0.05) is 23.7 Å². The third kappa shape index (κ3) is 3.62. The summed E-state index contributed by atoms with van der Waals surface area (Å²) in [7, 11) is -0.928. The number of rotatable bonds is 4. The molecular formula is C17H17ClN2O5S. The Morgan fingerprint density at radius 2 is 1.88 bits per heavy atom. The van der Waals surface area contributed by atoms with Crippen molar-refractivity contribution in [2.24, 2.45) is 0 Å². The molecule has 0 saturated heterocycles. The van der Waals surface area contributed by atoms with E-state index < -0.39 is 22.0 Å². The number of hydrogen-bond acceptors (Lipinski definition) is 5. The Bertz CT molecular complexity index is 946. The molecule has 138 valence electrons. The highest BCUT2D eigenvalue weighted by atomic mass is 35.5. The highest BCUT2D eigenvalue weighted by Crippen LogP contribution is 2.31. The Balaban J connectivity index is 1.79. The van der Waals surface area contributed by atoms with Gasteiger partial charge in [0.1, 0.15) is 11.5 Å². The first-order chi connectivity index (χ1) is 12.3. The lowest BCUT2D eigenvalue weighted by Crippen LogP contribution is -2.40. The van der Waals surface area contributed by atoms with Crippen molar-refractivity contribution in [1.29, 1.82) is 0 Å². The van der Waals surface area contributed by atoms with Crippen LogP contribution in [0.1, 0.15) is 0 Å². The molecule has 1 atom stereocenters. The third-order valence-electron chi connectivity index (χ3n) is 3.76. The predicted molar refractivity (Wildman–Crippen MR) is 97.3 cm³/mol. The topological polar surface area (TPSA) is 84.9 Å². The van der Waals surface area contributed by atoms with E-state index in [1.54, 1.807) is 18.2 Å². The van der Waals surface area contributed by atoms with Crippen LogP contribution in [0.3, 0.4) is 0 Å². The van der Waals surface area contributed by atoms with Crippen LogP contribution in [0.25, 0.3) is 0 Å². The quantitative estimate of drug-likeness (QED) is 0.857. The largest absolute Gasteiger partial charge is 0.485 e. The number of benzene rings is 2. The molecule has 0 bridgehead atoms. The monoisotopic (exact) mass is 396 g/mol. The number of sulfonamides is 1. The second kappa shape index (κ2) is 7.14. The molecule has 3 rings (SSSR count). The molecule has 2 aromatic rings.